The van der Waals surface area contributed by atoms with Crippen LogP contribution in [0.25, 0.3) is 66.8 Å². The zero-order chi connectivity index (χ0) is 26.2. The molecule has 4 heteroatoms. The normalized spacial score (nSPS) is 11.2. The first-order valence-electron chi connectivity index (χ1n) is 13.1. The highest BCUT2D eigenvalue weighted by atomic mass is 15.0. The fraction of sp³-hybridized carbons (Fsp3) is 0. The van der Waals surface area contributed by atoms with Gasteiger partial charge >= 0.3 is 0 Å². The van der Waals surface area contributed by atoms with Gasteiger partial charge in [0.05, 0.1) is 0 Å². The Hall–Kier alpha value is -5.09. The fourth-order valence-electron chi connectivity index (χ4n) is 4.98. The van der Waals surface area contributed by atoms with Crippen LogP contribution in [0, 0.1) is 0 Å². The van der Waals surface area contributed by atoms with E-state index in [1.165, 1.54) is 21.8 Å². The van der Waals surface area contributed by atoms with E-state index in [0.29, 0.717) is 17.5 Å². The average Bonchev–Trinajstić information content (AvgIpc) is 3.01. The van der Waals surface area contributed by atoms with E-state index in [9.17, 15) is 0 Å². The van der Waals surface area contributed by atoms with Gasteiger partial charge in [-0.25, -0.2) is 15.0 Å². The van der Waals surface area contributed by atoms with Gasteiger partial charge < -0.3 is 0 Å². The Morgan fingerprint density at radius 1 is 0.333 bits per heavy atom. The maximum atomic E-state index is 4.96. The lowest BCUT2D eigenvalue weighted by Gasteiger charge is -2.10. The number of benzene rings is 6. The molecule has 1 heterocycles. The molecule has 6 aromatic carbocycles. The fourth-order valence-corrected chi connectivity index (χ4v) is 4.98. The van der Waals surface area contributed by atoms with Gasteiger partial charge in [-0.15, -0.1) is 0 Å². The lowest BCUT2D eigenvalue weighted by Crippen LogP contribution is -2.00. The van der Waals surface area contributed by atoms with Crippen LogP contribution in [0.2, 0.25) is 0 Å². The van der Waals surface area contributed by atoms with Gasteiger partial charge in [0.2, 0.25) is 0 Å². The van der Waals surface area contributed by atoms with Crippen molar-refractivity contribution in [1.82, 2.24) is 15.0 Å². The average molecular weight is 497 g/mol. The maximum absolute atomic E-state index is 4.96. The molecule has 39 heavy (non-hydrogen) atoms. The predicted octanol–water partition coefficient (Wildman–Crippen LogP) is 7.10. The third kappa shape index (κ3) is 4.58. The standard InChI is InChI=1S/C35H24BN3/c36-32-19-17-26(18-20-32)25-9-13-27(14-10-25)33-37-34(30-15-11-23-5-1-3-7-28(23)21-30)39-35(38-33)31-16-12-24-6-2-4-8-29(24)22-31/h1-22H,36H2. The van der Waals surface area contributed by atoms with Crippen molar-refractivity contribution in [2.24, 2.45) is 0 Å². The molecule has 0 atom stereocenters. The van der Waals surface area contributed by atoms with Gasteiger partial charge in [-0.05, 0) is 44.8 Å². The van der Waals surface area contributed by atoms with Crippen LogP contribution in [0.1, 0.15) is 0 Å². The summed E-state index contributed by atoms with van der Waals surface area (Å²) in [5.41, 5.74) is 6.50. The summed E-state index contributed by atoms with van der Waals surface area (Å²) in [5, 5.41) is 4.70. The second-order valence-electron chi connectivity index (χ2n) is 9.87. The monoisotopic (exact) mass is 497 g/mol. The number of hydrogen-bond acceptors (Lipinski definition) is 3. The lowest BCUT2D eigenvalue weighted by atomic mass is 9.93. The summed E-state index contributed by atoms with van der Waals surface area (Å²) in [6, 6.07) is 46.5. The highest BCUT2D eigenvalue weighted by Gasteiger charge is 2.13. The van der Waals surface area contributed by atoms with E-state index in [1.54, 1.807) is 0 Å². The number of nitrogens with zero attached hydrogens (tertiary/aromatic N) is 3. The molecule has 0 aliphatic carbocycles. The van der Waals surface area contributed by atoms with Crippen molar-refractivity contribution in [1.29, 1.82) is 0 Å². The van der Waals surface area contributed by atoms with Crippen LogP contribution in [0.5, 0.6) is 0 Å². The molecule has 0 aliphatic heterocycles. The summed E-state index contributed by atoms with van der Waals surface area (Å²) >= 11 is 0. The Morgan fingerprint density at radius 3 is 1.18 bits per heavy atom. The van der Waals surface area contributed by atoms with Gasteiger partial charge in [-0.1, -0.05) is 127 Å². The number of hydrogen-bond donors (Lipinski definition) is 0. The molecule has 1 aromatic heterocycles. The van der Waals surface area contributed by atoms with Gasteiger partial charge in [0.1, 0.15) is 7.85 Å². The van der Waals surface area contributed by atoms with Gasteiger partial charge in [0, 0.05) is 16.7 Å². The molecule has 3 nitrogen and oxygen atoms in total. The smallest absolute Gasteiger partial charge is 0.164 e. The van der Waals surface area contributed by atoms with Crippen molar-refractivity contribution >= 4 is 34.9 Å². The molecule has 0 spiro atoms. The van der Waals surface area contributed by atoms with E-state index in [0.717, 1.165) is 33.0 Å². The van der Waals surface area contributed by atoms with Gasteiger partial charge in [-0.3, -0.25) is 0 Å². The van der Waals surface area contributed by atoms with Crippen LogP contribution < -0.4 is 5.46 Å². The van der Waals surface area contributed by atoms with Crippen LogP contribution in [-0.2, 0) is 0 Å². The summed E-state index contributed by atoms with van der Waals surface area (Å²) in [6.07, 6.45) is 0. The molecule has 7 rings (SSSR count). The second kappa shape index (κ2) is 9.66. The van der Waals surface area contributed by atoms with Gasteiger partial charge in [0.25, 0.3) is 0 Å². The summed E-state index contributed by atoms with van der Waals surface area (Å²) < 4.78 is 0. The van der Waals surface area contributed by atoms with E-state index in [4.69, 9.17) is 15.0 Å². The topological polar surface area (TPSA) is 38.7 Å². The molecule has 0 fully saturated rings. The lowest BCUT2D eigenvalue weighted by molar-refractivity contribution is 1.08. The number of fused-ring (bicyclic) bond motifs is 2. The molecule has 0 aliphatic rings. The molecular weight excluding hydrogens is 473 g/mol. The van der Waals surface area contributed by atoms with Crippen molar-refractivity contribution in [3.8, 4) is 45.3 Å². The van der Waals surface area contributed by atoms with Gasteiger partial charge in [0.15, 0.2) is 17.5 Å². The SMILES string of the molecule is Bc1ccc(-c2ccc(-c3nc(-c4ccc5ccccc5c4)nc(-c4ccc5ccccc5c4)n3)cc2)cc1. The summed E-state index contributed by atoms with van der Waals surface area (Å²) in [5.74, 6) is 1.99. The maximum Gasteiger partial charge on any atom is 0.164 e. The van der Waals surface area contributed by atoms with E-state index in [-0.39, 0.29) is 0 Å². The zero-order valence-corrected chi connectivity index (χ0v) is 21.5. The summed E-state index contributed by atoms with van der Waals surface area (Å²) in [6.45, 7) is 0. The minimum absolute atomic E-state index is 0.659. The van der Waals surface area contributed by atoms with E-state index in [2.05, 4.69) is 141 Å². The van der Waals surface area contributed by atoms with Crippen molar-refractivity contribution in [3.63, 3.8) is 0 Å². The Labute approximate surface area is 228 Å². The number of aromatic nitrogens is 3. The van der Waals surface area contributed by atoms with E-state index in [1.807, 2.05) is 0 Å². The Balaban J connectivity index is 1.36. The van der Waals surface area contributed by atoms with Crippen LogP contribution in [0.3, 0.4) is 0 Å². The molecule has 0 bridgehead atoms. The highest BCUT2D eigenvalue weighted by Crippen LogP contribution is 2.29. The van der Waals surface area contributed by atoms with Crippen molar-refractivity contribution in [3.05, 3.63) is 133 Å². The van der Waals surface area contributed by atoms with Gasteiger partial charge in [-0.2, -0.15) is 0 Å². The second-order valence-corrected chi connectivity index (χ2v) is 9.87. The van der Waals surface area contributed by atoms with Crippen LogP contribution in [0.15, 0.2) is 133 Å². The Bertz CT molecular complexity index is 1860. The minimum Gasteiger partial charge on any atom is -0.208 e. The zero-order valence-electron chi connectivity index (χ0n) is 21.5. The number of rotatable bonds is 4. The first kappa shape index (κ1) is 23.1. The molecular formula is C35H24BN3. The first-order valence-corrected chi connectivity index (χ1v) is 13.1. The van der Waals surface area contributed by atoms with Crippen LogP contribution in [-0.4, -0.2) is 22.8 Å². The largest absolute Gasteiger partial charge is 0.208 e. The van der Waals surface area contributed by atoms with E-state index < -0.39 is 0 Å². The molecule has 0 saturated carbocycles. The molecule has 182 valence electrons. The van der Waals surface area contributed by atoms with Crippen molar-refractivity contribution in [2.45, 2.75) is 0 Å². The van der Waals surface area contributed by atoms with Crippen molar-refractivity contribution < 1.29 is 0 Å². The van der Waals surface area contributed by atoms with E-state index >= 15 is 0 Å². The van der Waals surface area contributed by atoms with Crippen molar-refractivity contribution in [2.75, 3.05) is 0 Å². The minimum atomic E-state index is 0.659. The third-order valence-corrected chi connectivity index (χ3v) is 7.18. The molecule has 0 amide bonds. The quantitative estimate of drug-likeness (QED) is 0.244. The predicted molar refractivity (Wildman–Crippen MR) is 165 cm³/mol. The molecule has 0 radical (unpaired) electrons. The molecule has 7 aromatic rings. The first-order chi connectivity index (χ1) is 19.2. The molecule has 0 unspecified atom stereocenters. The van der Waals surface area contributed by atoms with Crippen LogP contribution in [0.4, 0.5) is 0 Å². The summed E-state index contributed by atoms with van der Waals surface area (Å²) in [4.78, 5) is 14.9. The summed E-state index contributed by atoms with van der Waals surface area (Å²) in [7, 11) is 2.11. The Kier molecular flexibility index (Phi) is 5.71. The highest BCUT2D eigenvalue weighted by molar-refractivity contribution is 6.32. The molecule has 0 saturated heterocycles. The Morgan fingerprint density at radius 2 is 0.692 bits per heavy atom. The third-order valence-electron chi connectivity index (χ3n) is 7.18. The van der Waals surface area contributed by atoms with Crippen LogP contribution >= 0.6 is 0 Å². The molecule has 0 N–H and O–H groups in total.